The number of amides is 1. The van der Waals surface area contributed by atoms with Gasteiger partial charge in [0.2, 0.25) is 0 Å². The summed E-state index contributed by atoms with van der Waals surface area (Å²) < 4.78 is 5.34. The Morgan fingerprint density at radius 3 is 2.62 bits per heavy atom. The van der Waals surface area contributed by atoms with Crippen LogP contribution in [0, 0.1) is 6.92 Å². The molecule has 21 heavy (non-hydrogen) atoms. The molecule has 110 valence electrons. The number of nitrogens with two attached hydrogens (primary N) is 1. The first-order chi connectivity index (χ1) is 9.95. The van der Waals surface area contributed by atoms with Gasteiger partial charge in [0.25, 0.3) is 5.91 Å². The van der Waals surface area contributed by atoms with Crippen molar-refractivity contribution >= 4 is 40.5 Å². The Hall–Kier alpha value is -1.91. The van der Waals surface area contributed by atoms with E-state index in [4.69, 9.17) is 33.7 Å². The van der Waals surface area contributed by atoms with Crippen LogP contribution in [0.1, 0.15) is 5.56 Å². The van der Waals surface area contributed by atoms with Crippen LogP contribution in [-0.4, -0.2) is 12.5 Å². The van der Waals surface area contributed by atoms with Gasteiger partial charge in [0.05, 0.1) is 21.4 Å². The van der Waals surface area contributed by atoms with Crippen LogP contribution >= 0.6 is 23.2 Å². The van der Waals surface area contributed by atoms with Crippen LogP contribution in [0.25, 0.3) is 0 Å². The molecule has 0 aliphatic carbocycles. The van der Waals surface area contributed by atoms with Gasteiger partial charge in [-0.3, -0.25) is 4.79 Å². The fourth-order valence-corrected chi connectivity index (χ4v) is 1.99. The zero-order valence-corrected chi connectivity index (χ0v) is 12.8. The standard InChI is InChI=1S/C15H14Cl2N2O2/c1-9-2-5-14(13(18)6-9)19-15(20)8-21-10-3-4-11(16)12(17)7-10/h2-7H,8,18H2,1H3,(H,19,20). The van der Waals surface area contributed by atoms with Crippen molar-refractivity contribution in [3.8, 4) is 5.75 Å². The summed E-state index contributed by atoms with van der Waals surface area (Å²) in [7, 11) is 0. The number of carbonyl (C=O) groups is 1. The Labute approximate surface area is 132 Å². The summed E-state index contributed by atoms with van der Waals surface area (Å²) in [6, 6.07) is 10.2. The molecule has 0 heterocycles. The lowest BCUT2D eigenvalue weighted by molar-refractivity contribution is -0.118. The average molecular weight is 325 g/mol. The SMILES string of the molecule is Cc1ccc(NC(=O)COc2ccc(Cl)c(Cl)c2)c(N)c1. The van der Waals surface area contributed by atoms with E-state index >= 15 is 0 Å². The zero-order valence-electron chi connectivity index (χ0n) is 11.3. The second kappa shape index (κ2) is 6.70. The van der Waals surface area contributed by atoms with Gasteiger partial charge in [0.1, 0.15) is 5.75 Å². The maximum atomic E-state index is 11.8. The van der Waals surface area contributed by atoms with Crippen LogP contribution in [0.15, 0.2) is 36.4 Å². The van der Waals surface area contributed by atoms with E-state index in [1.54, 1.807) is 30.3 Å². The normalized spacial score (nSPS) is 10.2. The van der Waals surface area contributed by atoms with Crippen LogP contribution in [0.3, 0.4) is 0 Å². The molecule has 4 nitrogen and oxygen atoms in total. The first-order valence-corrected chi connectivity index (χ1v) is 6.95. The molecular weight excluding hydrogens is 311 g/mol. The molecule has 3 N–H and O–H groups in total. The number of ether oxygens (including phenoxy) is 1. The summed E-state index contributed by atoms with van der Waals surface area (Å²) in [4.78, 5) is 11.8. The monoisotopic (exact) mass is 324 g/mol. The molecule has 0 bridgehead atoms. The number of nitrogen functional groups attached to an aromatic ring is 1. The molecular formula is C15H14Cl2N2O2. The molecule has 2 aromatic carbocycles. The Morgan fingerprint density at radius 1 is 1.19 bits per heavy atom. The number of nitrogens with one attached hydrogen (secondary N) is 1. The van der Waals surface area contributed by atoms with Crippen LogP contribution in [0.5, 0.6) is 5.75 Å². The van der Waals surface area contributed by atoms with Gasteiger partial charge in [-0.1, -0.05) is 29.3 Å². The number of rotatable bonds is 4. The van der Waals surface area contributed by atoms with E-state index in [9.17, 15) is 4.79 Å². The van der Waals surface area contributed by atoms with Crippen molar-refractivity contribution < 1.29 is 9.53 Å². The highest BCUT2D eigenvalue weighted by Crippen LogP contribution is 2.26. The van der Waals surface area contributed by atoms with E-state index in [1.165, 1.54) is 0 Å². The molecule has 2 rings (SSSR count). The van der Waals surface area contributed by atoms with Crippen molar-refractivity contribution in [1.29, 1.82) is 0 Å². The summed E-state index contributed by atoms with van der Waals surface area (Å²) in [6.07, 6.45) is 0. The molecule has 0 fully saturated rings. The number of hydrogen-bond donors (Lipinski definition) is 2. The average Bonchev–Trinajstić information content (AvgIpc) is 2.43. The van der Waals surface area contributed by atoms with Crippen LogP contribution in [0.4, 0.5) is 11.4 Å². The number of halogens is 2. The Morgan fingerprint density at radius 2 is 1.95 bits per heavy atom. The lowest BCUT2D eigenvalue weighted by atomic mass is 10.2. The van der Waals surface area contributed by atoms with Crippen LogP contribution in [0.2, 0.25) is 10.0 Å². The quantitative estimate of drug-likeness (QED) is 0.838. The molecule has 0 aliphatic heterocycles. The van der Waals surface area contributed by atoms with E-state index in [2.05, 4.69) is 5.32 Å². The van der Waals surface area contributed by atoms with Gasteiger partial charge in [0, 0.05) is 6.07 Å². The molecule has 0 atom stereocenters. The fourth-order valence-electron chi connectivity index (χ4n) is 1.70. The molecule has 0 saturated heterocycles. The number of aryl methyl sites for hydroxylation is 1. The van der Waals surface area contributed by atoms with Crippen molar-refractivity contribution in [2.24, 2.45) is 0 Å². The van der Waals surface area contributed by atoms with E-state index in [-0.39, 0.29) is 12.5 Å². The molecule has 2 aromatic rings. The molecule has 0 saturated carbocycles. The summed E-state index contributed by atoms with van der Waals surface area (Å²) in [5, 5.41) is 3.49. The number of anilines is 2. The minimum atomic E-state index is -0.309. The Bertz CT molecular complexity index is 675. The summed E-state index contributed by atoms with van der Waals surface area (Å²) in [5.41, 5.74) is 7.92. The highest BCUT2D eigenvalue weighted by Gasteiger charge is 2.07. The number of carbonyl (C=O) groups excluding carboxylic acids is 1. The van der Waals surface area contributed by atoms with E-state index in [0.29, 0.717) is 27.2 Å². The van der Waals surface area contributed by atoms with Gasteiger partial charge in [-0.05, 0) is 36.8 Å². The van der Waals surface area contributed by atoms with Gasteiger partial charge in [-0.2, -0.15) is 0 Å². The van der Waals surface area contributed by atoms with Crippen LogP contribution < -0.4 is 15.8 Å². The topological polar surface area (TPSA) is 64.3 Å². The van der Waals surface area contributed by atoms with E-state index < -0.39 is 0 Å². The molecule has 0 radical (unpaired) electrons. The number of hydrogen-bond acceptors (Lipinski definition) is 3. The Balaban J connectivity index is 1.94. The molecule has 0 unspecified atom stereocenters. The molecule has 0 spiro atoms. The van der Waals surface area contributed by atoms with Crippen molar-refractivity contribution in [2.45, 2.75) is 6.92 Å². The molecule has 1 amide bonds. The van der Waals surface area contributed by atoms with Crippen molar-refractivity contribution in [3.05, 3.63) is 52.0 Å². The van der Waals surface area contributed by atoms with Gasteiger partial charge in [0.15, 0.2) is 6.61 Å². The zero-order chi connectivity index (χ0) is 15.4. The molecule has 0 aliphatic rings. The van der Waals surface area contributed by atoms with Gasteiger partial charge in [-0.25, -0.2) is 0 Å². The van der Waals surface area contributed by atoms with Crippen molar-refractivity contribution in [3.63, 3.8) is 0 Å². The summed E-state index contributed by atoms with van der Waals surface area (Å²) >= 11 is 11.7. The smallest absolute Gasteiger partial charge is 0.262 e. The predicted octanol–water partition coefficient (Wildman–Crippen LogP) is 3.90. The van der Waals surface area contributed by atoms with Gasteiger partial charge in [-0.15, -0.1) is 0 Å². The van der Waals surface area contributed by atoms with E-state index in [0.717, 1.165) is 5.56 Å². The third-order valence-electron chi connectivity index (χ3n) is 2.74. The van der Waals surface area contributed by atoms with Gasteiger partial charge < -0.3 is 15.8 Å². The highest BCUT2D eigenvalue weighted by atomic mass is 35.5. The first kappa shape index (κ1) is 15.5. The third-order valence-corrected chi connectivity index (χ3v) is 3.48. The predicted molar refractivity (Wildman–Crippen MR) is 86.2 cm³/mol. The largest absolute Gasteiger partial charge is 0.484 e. The second-order valence-corrected chi connectivity index (χ2v) is 5.32. The van der Waals surface area contributed by atoms with Crippen molar-refractivity contribution in [2.75, 3.05) is 17.7 Å². The van der Waals surface area contributed by atoms with E-state index in [1.807, 2.05) is 13.0 Å². The third kappa shape index (κ3) is 4.28. The summed E-state index contributed by atoms with van der Waals surface area (Å²) in [6.45, 7) is 1.78. The molecule has 0 aromatic heterocycles. The lowest BCUT2D eigenvalue weighted by Crippen LogP contribution is -2.20. The lowest BCUT2D eigenvalue weighted by Gasteiger charge is -2.10. The maximum Gasteiger partial charge on any atom is 0.262 e. The highest BCUT2D eigenvalue weighted by molar-refractivity contribution is 6.42. The van der Waals surface area contributed by atoms with Crippen molar-refractivity contribution in [1.82, 2.24) is 0 Å². The minimum absolute atomic E-state index is 0.148. The fraction of sp³-hybridized carbons (Fsp3) is 0.133. The maximum absolute atomic E-state index is 11.8. The second-order valence-electron chi connectivity index (χ2n) is 4.50. The minimum Gasteiger partial charge on any atom is -0.484 e. The van der Waals surface area contributed by atoms with Crippen LogP contribution in [-0.2, 0) is 4.79 Å². The first-order valence-electron chi connectivity index (χ1n) is 6.19. The Kier molecular flexibility index (Phi) is 4.94. The number of benzene rings is 2. The molecule has 6 heteroatoms. The van der Waals surface area contributed by atoms with Gasteiger partial charge >= 0.3 is 0 Å². The summed E-state index contributed by atoms with van der Waals surface area (Å²) in [5.74, 6) is 0.160.